The van der Waals surface area contributed by atoms with Crippen LogP contribution in [0.15, 0.2) is 28.6 Å². The van der Waals surface area contributed by atoms with Crippen LogP contribution in [0.4, 0.5) is 0 Å². The molecule has 136 valence electrons. The summed E-state index contributed by atoms with van der Waals surface area (Å²) in [4.78, 5) is 12.0. The lowest BCUT2D eigenvalue weighted by Gasteiger charge is -2.09. The summed E-state index contributed by atoms with van der Waals surface area (Å²) in [6.45, 7) is 3.30. The minimum Gasteiger partial charge on any atom is -0.464 e. The van der Waals surface area contributed by atoms with Gasteiger partial charge in [0.25, 0.3) is 6.20 Å². The first-order chi connectivity index (χ1) is 11.5. The summed E-state index contributed by atoms with van der Waals surface area (Å²) in [5, 5.41) is 19.5. The highest BCUT2D eigenvalue weighted by molar-refractivity contribution is 7.98. The highest BCUT2D eigenvalue weighted by Crippen LogP contribution is 2.15. The van der Waals surface area contributed by atoms with Crippen LogP contribution in [-0.4, -0.2) is 56.4 Å². The third kappa shape index (κ3) is 9.43. The Balaban J connectivity index is 2.16. The molecule has 8 nitrogen and oxygen atoms in total. The molecule has 0 aromatic carbocycles. The number of nitrogens with zero attached hydrogens (tertiary/aromatic N) is 2. The Morgan fingerprint density at radius 1 is 1.38 bits per heavy atom. The lowest BCUT2D eigenvalue weighted by molar-refractivity contribution is -0.404. The van der Waals surface area contributed by atoms with Crippen LogP contribution < -0.4 is 16.0 Å². The fraction of sp³-hybridized carbons (Fsp3) is 0.600. The smallest absolute Gasteiger partial charge is 0.274 e. The predicted molar refractivity (Wildman–Crippen MR) is 97.3 cm³/mol. The van der Waals surface area contributed by atoms with Crippen molar-refractivity contribution in [1.82, 2.24) is 20.9 Å². The Morgan fingerprint density at radius 3 is 2.79 bits per heavy atom. The van der Waals surface area contributed by atoms with Crippen LogP contribution in [0.5, 0.6) is 0 Å². The first-order valence-electron chi connectivity index (χ1n) is 7.79. The minimum atomic E-state index is -0.483. The Kier molecular flexibility index (Phi) is 9.97. The number of thioether (sulfide) groups is 1. The van der Waals surface area contributed by atoms with Crippen LogP contribution in [0.2, 0.25) is 0 Å². The molecule has 1 heterocycles. The lowest BCUT2D eigenvalue weighted by atomic mass is 10.4. The van der Waals surface area contributed by atoms with Gasteiger partial charge in [-0.25, -0.2) is 0 Å². The molecule has 0 aliphatic carbocycles. The molecule has 0 atom stereocenters. The molecule has 0 amide bonds. The van der Waals surface area contributed by atoms with Gasteiger partial charge in [0.05, 0.1) is 17.2 Å². The standard InChI is InChI=1S/C15H27N5O3S/c1-16-15(11-20(21)22)18-7-9-24-12-14-5-4-13(23-14)10-17-6-8-19(2)3/h4-5,11,16-18H,6-10,12H2,1-3H3/b15-11+. The summed E-state index contributed by atoms with van der Waals surface area (Å²) in [5.74, 6) is 3.90. The van der Waals surface area contributed by atoms with Gasteiger partial charge in [0, 0.05) is 32.4 Å². The van der Waals surface area contributed by atoms with Crippen LogP contribution in [0, 0.1) is 10.1 Å². The number of rotatable bonds is 13. The van der Waals surface area contributed by atoms with Crippen LogP contribution in [0.3, 0.4) is 0 Å². The zero-order valence-electron chi connectivity index (χ0n) is 14.5. The van der Waals surface area contributed by atoms with Gasteiger partial charge in [0.2, 0.25) is 0 Å². The van der Waals surface area contributed by atoms with Crippen molar-refractivity contribution in [1.29, 1.82) is 0 Å². The van der Waals surface area contributed by atoms with E-state index in [1.54, 1.807) is 18.8 Å². The van der Waals surface area contributed by atoms with E-state index in [-0.39, 0.29) is 0 Å². The van der Waals surface area contributed by atoms with Gasteiger partial charge in [-0.2, -0.15) is 11.8 Å². The molecule has 0 radical (unpaired) electrons. The van der Waals surface area contributed by atoms with Crippen LogP contribution in [0.1, 0.15) is 11.5 Å². The second-order valence-electron chi connectivity index (χ2n) is 5.41. The SMILES string of the molecule is CN/C(=C\[N+](=O)[O-])NCCSCc1ccc(CNCCN(C)C)o1. The van der Waals surface area contributed by atoms with Gasteiger partial charge >= 0.3 is 0 Å². The quantitative estimate of drug-likeness (QED) is 0.274. The number of nitrogens with one attached hydrogen (secondary N) is 3. The number of likely N-dealkylation sites (N-methyl/N-ethyl adjacent to an activating group) is 1. The molecule has 0 bridgehead atoms. The van der Waals surface area contributed by atoms with E-state index in [1.165, 1.54) is 0 Å². The summed E-state index contributed by atoms with van der Waals surface area (Å²) in [5.41, 5.74) is 0. The molecular weight excluding hydrogens is 330 g/mol. The molecular formula is C15H27N5O3S. The summed E-state index contributed by atoms with van der Waals surface area (Å²) in [7, 11) is 5.74. The van der Waals surface area contributed by atoms with Gasteiger partial charge in [0.15, 0.2) is 5.82 Å². The van der Waals surface area contributed by atoms with Crippen LogP contribution in [-0.2, 0) is 12.3 Å². The molecule has 0 spiro atoms. The molecule has 0 saturated carbocycles. The normalized spacial score (nSPS) is 11.8. The van der Waals surface area contributed by atoms with E-state index >= 15 is 0 Å². The van der Waals surface area contributed by atoms with Gasteiger partial charge in [-0.15, -0.1) is 0 Å². The summed E-state index contributed by atoms with van der Waals surface area (Å²) >= 11 is 1.72. The van der Waals surface area contributed by atoms with Gasteiger partial charge in [-0.3, -0.25) is 10.1 Å². The molecule has 1 aromatic heterocycles. The van der Waals surface area contributed by atoms with Gasteiger partial charge < -0.3 is 25.3 Å². The van der Waals surface area contributed by atoms with Crippen molar-refractivity contribution in [3.05, 3.63) is 45.8 Å². The average Bonchev–Trinajstić information content (AvgIpc) is 2.97. The molecule has 0 fully saturated rings. The van der Waals surface area contributed by atoms with Crippen molar-refractivity contribution in [2.45, 2.75) is 12.3 Å². The number of hydrogen-bond donors (Lipinski definition) is 3. The highest BCUT2D eigenvalue weighted by atomic mass is 32.2. The zero-order chi connectivity index (χ0) is 17.8. The molecule has 9 heteroatoms. The number of hydrogen-bond acceptors (Lipinski definition) is 8. The molecule has 1 aromatic rings. The molecule has 1 rings (SSSR count). The monoisotopic (exact) mass is 357 g/mol. The molecule has 0 aliphatic rings. The maximum Gasteiger partial charge on any atom is 0.274 e. The van der Waals surface area contributed by atoms with Crippen molar-refractivity contribution in [2.75, 3.05) is 46.5 Å². The van der Waals surface area contributed by atoms with E-state index in [0.29, 0.717) is 12.4 Å². The van der Waals surface area contributed by atoms with E-state index in [4.69, 9.17) is 4.42 Å². The lowest BCUT2D eigenvalue weighted by Crippen LogP contribution is -2.26. The molecule has 0 saturated heterocycles. The molecule has 0 aliphatic heterocycles. The molecule has 3 N–H and O–H groups in total. The van der Waals surface area contributed by atoms with Gasteiger partial charge in [0.1, 0.15) is 11.5 Å². The van der Waals surface area contributed by atoms with Crippen LogP contribution in [0.25, 0.3) is 0 Å². The maximum atomic E-state index is 10.4. The number of nitro groups is 1. The summed E-state index contributed by atoms with van der Waals surface area (Å²) in [6.07, 6.45) is 0.923. The topological polar surface area (TPSA) is 95.6 Å². The Bertz CT molecular complexity index is 519. The van der Waals surface area contributed by atoms with Crippen molar-refractivity contribution in [2.24, 2.45) is 0 Å². The van der Waals surface area contributed by atoms with Gasteiger partial charge in [-0.05, 0) is 26.2 Å². The largest absolute Gasteiger partial charge is 0.464 e. The second-order valence-corrected chi connectivity index (χ2v) is 6.51. The third-order valence-electron chi connectivity index (χ3n) is 3.06. The molecule has 0 unspecified atom stereocenters. The highest BCUT2D eigenvalue weighted by Gasteiger charge is 2.03. The van der Waals surface area contributed by atoms with Crippen molar-refractivity contribution in [3.63, 3.8) is 0 Å². The van der Waals surface area contributed by atoms with Crippen molar-refractivity contribution < 1.29 is 9.34 Å². The third-order valence-corrected chi connectivity index (χ3v) is 4.04. The fourth-order valence-electron chi connectivity index (χ4n) is 1.84. The van der Waals surface area contributed by atoms with E-state index in [2.05, 4.69) is 20.9 Å². The van der Waals surface area contributed by atoms with Crippen molar-refractivity contribution in [3.8, 4) is 0 Å². The fourth-order valence-corrected chi connectivity index (χ4v) is 2.59. The van der Waals surface area contributed by atoms with E-state index in [0.717, 1.165) is 48.9 Å². The predicted octanol–water partition coefficient (Wildman–Crippen LogP) is 1.05. The van der Waals surface area contributed by atoms with E-state index in [1.807, 2.05) is 26.2 Å². The van der Waals surface area contributed by atoms with Gasteiger partial charge in [-0.1, -0.05) is 0 Å². The first-order valence-corrected chi connectivity index (χ1v) is 8.94. The Labute approximate surface area is 147 Å². The van der Waals surface area contributed by atoms with E-state index < -0.39 is 4.92 Å². The summed E-state index contributed by atoms with van der Waals surface area (Å²) in [6, 6.07) is 3.99. The second kappa shape index (κ2) is 11.8. The Morgan fingerprint density at radius 2 is 2.12 bits per heavy atom. The summed E-state index contributed by atoms with van der Waals surface area (Å²) < 4.78 is 5.76. The van der Waals surface area contributed by atoms with Crippen molar-refractivity contribution >= 4 is 11.8 Å². The minimum absolute atomic E-state index is 0.407. The first kappa shape index (κ1) is 20.3. The Hall–Kier alpha value is -1.71. The van der Waals surface area contributed by atoms with E-state index in [9.17, 15) is 10.1 Å². The zero-order valence-corrected chi connectivity index (χ0v) is 15.3. The molecule has 24 heavy (non-hydrogen) atoms. The van der Waals surface area contributed by atoms with Crippen LogP contribution >= 0.6 is 11.8 Å². The number of furan rings is 1. The average molecular weight is 357 g/mol. The maximum absolute atomic E-state index is 10.4.